The third-order valence-electron chi connectivity index (χ3n) is 2.39. The van der Waals surface area contributed by atoms with Gasteiger partial charge in [-0.15, -0.1) is 0 Å². The number of nitrogens with one attached hydrogen (secondary N) is 1. The maximum atomic E-state index is 13.5. The summed E-state index contributed by atoms with van der Waals surface area (Å²) in [5, 5.41) is 2.89. The summed E-state index contributed by atoms with van der Waals surface area (Å²) in [5.41, 5.74) is 1.08. The molecule has 0 unspecified atom stereocenters. The number of anilines is 1. The summed E-state index contributed by atoms with van der Waals surface area (Å²) in [5.74, 6) is -1.39. The van der Waals surface area contributed by atoms with Crippen LogP contribution in [-0.2, 0) is 6.54 Å². The van der Waals surface area contributed by atoms with Crippen LogP contribution in [0.15, 0.2) is 40.9 Å². The van der Waals surface area contributed by atoms with E-state index in [0.29, 0.717) is 6.54 Å². The van der Waals surface area contributed by atoms with Gasteiger partial charge >= 0.3 is 0 Å². The lowest BCUT2D eigenvalue weighted by atomic mass is 10.2. The van der Waals surface area contributed by atoms with Gasteiger partial charge in [-0.3, -0.25) is 0 Å². The summed E-state index contributed by atoms with van der Waals surface area (Å²) in [6, 6.07) is 9.45. The fourth-order valence-electron chi connectivity index (χ4n) is 1.50. The van der Waals surface area contributed by atoms with Crippen LogP contribution in [0.5, 0.6) is 0 Å². The second-order valence-electron chi connectivity index (χ2n) is 3.72. The third kappa shape index (κ3) is 3.21. The van der Waals surface area contributed by atoms with Gasteiger partial charge < -0.3 is 5.32 Å². The van der Waals surface area contributed by atoms with Gasteiger partial charge in [-0.25, -0.2) is 8.78 Å². The van der Waals surface area contributed by atoms with Crippen molar-refractivity contribution in [2.45, 2.75) is 6.54 Å². The van der Waals surface area contributed by atoms with Crippen LogP contribution in [0.25, 0.3) is 0 Å². The molecule has 0 heterocycles. The largest absolute Gasteiger partial charge is 0.377 e. The van der Waals surface area contributed by atoms with Gasteiger partial charge in [-0.1, -0.05) is 39.7 Å². The highest BCUT2D eigenvalue weighted by atomic mass is 79.9. The molecule has 2 rings (SSSR count). The molecule has 94 valence electrons. The molecule has 0 amide bonds. The Labute approximate surface area is 117 Å². The normalized spacial score (nSPS) is 10.4. The molecular formula is C13H9BrClF2N. The van der Waals surface area contributed by atoms with Crippen LogP contribution >= 0.6 is 27.5 Å². The summed E-state index contributed by atoms with van der Waals surface area (Å²) in [6.07, 6.45) is 0. The number of rotatable bonds is 3. The molecule has 0 aliphatic heterocycles. The van der Waals surface area contributed by atoms with Crippen LogP contribution in [-0.4, -0.2) is 0 Å². The predicted octanol–water partition coefficient (Wildman–Crippen LogP) is 4.99. The number of benzene rings is 2. The molecule has 2 aromatic carbocycles. The minimum atomic E-state index is -0.697. The van der Waals surface area contributed by atoms with E-state index >= 15 is 0 Å². The van der Waals surface area contributed by atoms with E-state index in [1.54, 1.807) is 0 Å². The first-order chi connectivity index (χ1) is 8.56. The molecule has 2 aromatic rings. The van der Waals surface area contributed by atoms with Gasteiger partial charge in [0.1, 0.15) is 5.82 Å². The summed E-state index contributed by atoms with van der Waals surface area (Å²) in [6.45, 7) is 0.412. The zero-order valence-corrected chi connectivity index (χ0v) is 11.5. The molecule has 0 aromatic heterocycles. The zero-order chi connectivity index (χ0) is 13.1. The molecule has 0 aliphatic rings. The van der Waals surface area contributed by atoms with Gasteiger partial charge in [0, 0.05) is 17.1 Å². The van der Waals surface area contributed by atoms with E-state index in [2.05, 4.69) is 21.2 Å². The standard InChI is InChI=1S/C13H9BrClF2N/c14-9-3-1-8(2-4-9)7-18-13-11(15)5-10(16)6-12(13)17/h1-6,18H,7H2. The van der Waals surface area contributed by atoms with Crippen LogP contribution in [0.2, 0.25) is 5.02 Å². The van der Waals surface area contributed by atoms with Crippen LogP contribution < -0.4 is 5.32 Å². The van der Waals surface area contributed by atoms with Crippen LogP contribution in [0, 0.1) is 11.6 Å². The van der Waals surface area contributed by atoms with Gasteiger partial charge in [0.15, 0.2) is 5.82 Å². The summed E-state index contributed by atoms with van der Waals surface area (Å²) in [7, 11) is 0. The lowest BCUT2D eigenvalue weighted by Gasteiger charge is -2.10. The lowest BCUT2D eigenvalue weighted by Crippen LogP contribution is -2.02. The van der Waals surface area contributed by atoms with Gasteiger partial charge in [0.2, 0.25) is 0 Å². The van der Waals surface area contributed by atoms with Gasteiger partial charge in [0.05, 0.1) is 10.7 Å². The molecule has 1 N–H and O–H groups in total. The van der Waals surface area contributed by atoms with E-state index in [1.165, 1.54) is 0 Å². The minimum absolute atomic E-state index is 0.0320. The Morgan fingerprint density at radius 2 is 1.78 bits per heavy atom. The maximum absolute atomic E-state index is 13.5. The highest BCUT2D eigenvalue weighted by Crippen LogP contribution is 2.26. The van der Waals surface area contributed by atoms with Crippen LogP contribution in [0.1, 0.15) is 5.56 Å². The highest BCUT2D eigenvalue weighted by molar-refractivity contribution is 9.10. The summed E-state index contributed by atoms with van der Waals surface area (Å²) < 4.78 is 27.3. The summed E-state index contributed by atoms with van der Waals surface area (Å²) >= 11 is 9.11. The average molecular weight is 333 g/mol. The van der Waals surface area contributed by atoms with Crippen molar-refractivity contribution in [3.05, 3.63) is 63.1 Å². The molecule has 0 bridgehead atoms. The Balaban J connectivity index is 2.13. The topological polar surface area (TPSA) is 12.0 Å². The molecule has 0 atom stereocenters. The first-order valence-electron chi connectivity index (χ1n) is 5.19. The van der Waals surface area contributed by atoms with Crippen molar-refractivity contribution in [1.82, 2.24) is 0 Å². The number of halogens is 4. The second kappa shape index (κ2) is 5.67. The summed E-state index contributed by atoms with van der Waals surface area (Å²) in [4.78, 5) is 0. The van der Waals surface area contributed by atoms with Gasteiger partial charge in [-0.2, -0.15) is 0 Å². The van der Waals surface area contributed by atoms with Crippen molar-refractivity contribution in [3.63, 3.8) is 0 Å². The fraction of sp³-hybridized carbons (Fsp3) is 0.0769. The van der Waals surface area contributed by atoms with Crippen molar-refractivity contribution < 1.29 is 8.78 Å². The first kappa shape index (κ1) is 13.3. The molecule has 0 spiro atoms. The van der Waals surface area contributed by atoms with E-state index in [0.717, 1.165) is 22.2 Å². The Morgan fingerprint density at radius 1 is 1.11 bits per heavy atom. The van der Waals surface area contributed by atoms with E-state index in [9.17, 15) is 8.78 Å². The smallest absolute Gasteiger partial charge is 0.150 e. The van der Waals surface area contributed by atoms with E-state index in [-0.39, 0.29) is 10.7 Å². The van der Waals surface area contributed by atoms with Gasteiger partial charge in [0.25, 0.3) is 0 Å². The molecule has 5 heteroatoms. The number of hydrogen-bond acceptors (Lipinski definition) is 1. The van der Waals surface area contributed by atoms with Crippen molar-refractivity contribution in [1.29, 1.82) is 0 Å². The molecule has 0 aliphatic carbocycles. The van der Waals surface area contributed by atoms with Crippen molar-refractivity contribution >= 4 is 33.2 Å². The molecule has 0 saturated carbocycles. The molecule has 18 heavy (non-hydrogen) atoms. The Morgan fingerprint density at radius 3 is 2.39 bits per heavy atom. The second-order valence-corrected chi connectivity index (χ2v) is 5.05. The highest BCUT2D eigenvalue weighted by Gasteiger charge is 2.09. The van der Waals surface area contributed by atoms with E-state index in [4.69, 9.17) is 11.6 Å². The molecule has 1 nitrogen and oxygen atoms in total. The van der Waals surface area contributed by atoms with Crippen LogP contribution in [0.3, 0.4) is 0 Å². The lowest BCUT2D eigenvalue weighted by molar-refractivity contribution is 0.585. The molecule has 0 radical (unpaired) electrons. The molecule has 0 saturated heterocycles. The first-order valence-corrected chi connectivity index (χ1v) is 6.36. The average Bonchev–Trinajstić information content (AvgIpc) is 2.30. The Bertz CT molecular complexity index is 534. The van der Waals surface area contributed by atoms with Gasteiger partial charge in [-0.05, 0) is 23.8 Å². The fourth-order valence-corrected chi connectivity index (χ4v) is 2.03. The monoisotopic (exact) mass is 331 g/mol. The third-order valence-corrected chi connectivity index (χ3v) is 3.22. The molecule has 0 fully saturated rings. The zero-order valence-electron chi connectivity index (χ0n) is 9.18. The number of hydrogen-bond donors (Lipinski definition) is 1. The molecular weight excluding hydrogens is 324 g/mol. The van der Waals surface area contributed by atoms with Crippen LogP contribution in [0.4, 0.5) is 14.5 Å². The van der Waals surface area contributed by atoms with E-state index < -0.39 is 11.6 Å². The SMILES string of the molecule is Fc1cc(F)c(NCc2ccc(Br)cc2)c(Cl)c1. The Hall–Kier alpha value is -1.13. The quantitative estimate of drug-likeness (QED) is 0.834. The van der Waals surface area contributed by atoms with Crippen molar-refractivity contribution in [3.8, 4) is 0 Å². The van der Waals surface area contributed by atoms with E-state index in [1.807, 2.05) is 24.3 Å². The minimum Gasteiger partial charge on any atom is -0.377 e. The maximum Gasteiger partial charge on any atom is 0.150 e. The van der Waals surface area contributed by atoms with Crippen molar-refractivity contribution in [2.75, 3.05) is 5.32 Å². The van der Waals surface area contributed by atoms with Crippen molar-refractivity contribution in [2.24, 2.45) is 0 Å². The predicted molar refractivity (Wildman–Crippen MR) is 72.8 cm³/mol. The Kier molecular flexibility index (Phi) is 4.19.